The Morgan fingerprint density at radius 3 is 2.56 bits per heavy atom. The van der Waals surface area contributed by atoms with Crippen LogP contribution in [0.5, 0.6) is 5.75 Å². The first-order valence-electron chi connectivity index (χ1n) is 11.0. The van der Waals surface area contributed by atoms with Crippen LogP contribution >= 0.6 is 0 Å². The number of aliphatic carboxylic acids is 1. The minimum atomic E-state index is -0.778. The molecule has 0 spiro atoms. The van der Waals surface area contributed by atoms with Gasteiger partial charge in [0.05, 0.1) is 0 Å². The number of allylic oxidation sites excluding steroid dienone is 1. The van der Waals surface area contributed by atoms with E-state index < -0.39 is 5.97 Å². The minimum absolute atomic E-state index is 0.164. The normalized spacial score (nSPS) is 13.0. The van der Waals surface area contributed by atoms with Gasteiger partial charge in [0.1, 0.15) is 18.2 Å². The average molecular weight is 431 g/mol. The number of hydrogen-bond acceptors (Lipinski definition) is 2. The number of rotatable bonds is 8. The van der Waals surface area contributed by atoms with Gasteiger partial charge in [0.15, 0.2) is 0 Å². The van der Waals surface area contributed by atoms with Gasteiger partial charge in [0.2, 0.25) is 0 Å². The molecule has 0 bridgehead atoms. The summed E-state index contributed by atoms with van der Waals surface area (Å²) in [6.07, 6.45) is 4.68. The number of benzene rings is 3. The van der Waals surface area contributed by atoms with Crippen LogP contribution < -0.4 is 4.74 Å². The maximum atomic E-state index is 14.0. The number of aryl methyl sites for hydroxylation is 2. The third kappa shape index (κ3) is 5.25. The van der Waals surface area contributed by atoms with Gasteiger partial charge in [-0.1, -0.05) is 43.0 Å². The molecule has 3 nitrogen and oxygen atoms in total. The second-order valence-electron chi connectivity index (χ2n) is 8.31. The van der Waals surface area contributed by atoms with Gasteiger partial charge in [-0.25, -0.2) is 4.39 Å². The molecule has 0 atom stereocenters. The summed E-state index contributed by atoms with van der Waals surface area (Å²) in [5, 5.41) is 8.76. The smallest absolute Gasteiger partial charge is 0.303 e. The molecule has 0 radical (unpaired) electrons. The first-order valence-corrected chi connectivity index (χ1v) is 11.0. The van der Waals surface area contributed by atoms with Crippen molar-refractivity contribution >= 4 is 11.5 Å². The van der Waals surface area contributed by atoms with E-state index in [1.54, 1.807) is 0 Å². The van der Waals surface area contributed by atoms with Gasteiger partial charge in [-0.15, -0.1) is 0 Å². The highest BCUT2D eigenvalue weighted by Crippen LogP contribution is 2.34. The van der Waals surface area contributed by atoms with E-state index in [0.717, 1.165) is 41.5 Å². The van der Waals surface area contributed by atoms with E-state index >= 15 is 0 Å². The molecule has 0 saturated heterocycles. The van der Waals surface area contributed by atoms with E-state index in [4.69, 9.17) is 9.84 Å². The number of carboxylic acids is 1. The predicted molar refractivity (Wildman–Crippen MR) is 125 cm³/mol. The van der Waals surface area contributed by atoms with Crippen LogP contribution in [0.25, 0.3) is 16.7 Å². The molecule has 0 aliphatic heterocycles. The van der Waals surface area contributed by atoms with Gasteiger partial charge in [0.25, 0.3) is 0 Å². The summed E-state index contributed by atoms with van der Waals surface area (Å²) >= 11 is 0. The largest absolute Gasteiger partial charge is 0.489 e. The number of hydrogen-bond donors (Lipinski definition) is 1. The maximum Gasteiger partial charge on any atom is 0.303 e. The lowest BCUT2D eigenvalue weighted by Gasteiger charge is -2.20. The van der Waals surface area contributed by atoms with Crippen molar-refractivity contribution in [2.45, 2.75) is 45.1 Å². The fraction of sp³-hybridized carbons (Fsp3) is 0.250. The molecule has 0 fully saturated rings. The molecule has 0 heterocycles. The van der Waals surface area contributed by atoms with Crippen molar-refractivity contribution in [3.8, 4) is 16.9 Å². The van der Waals surface area contributed by atoms with Gasteiger partial charge in [-0.2, -0.15) is 0 Å². The first-order chi connectivity index (χ1) is 15.5. The molecule has 0 amide bonds. The summed E-state index contributed by atoms with van der Waals surface area (Å²) in [6, 6.07) is 18.9. The lowest BCUT2D eigenvalue weighted by Crippen LogP contribution is -2.03. The van der Waals surface area contributed by atoms with Crippen LogP contribution in [0.15, 0.2) is 67.2 Å². The van der Waals surface area contributed by atoms with Crippen LogP contribution in [-0.4, -0.2) is 11.1 Å². The fourth-order valence-electron chi connectivity index (χ4n) is 4.26. The second kappa shape index (κ2) is 9.82. The third-order valence-corrected chi connectivity index (χ3v) is 5.96. The molecule has 1 N–H and O–H groups in total. The average Bonchev–Trinajstić information content (AvgIpc) is 2.78. The number of carboxylic acid groups (broad SMARTS) is 1. The van der Waals surface area contributed by atoms with Crippen LogP contribution in [-0.2, 0) is 24.2 Å². The number of fused-ring (bicyclic) bond motifs is 1. The lowest BCUT2D eigenvalue weighted by atomic mass is 9.86. The maximum absolute atomic E-state index is 14.0. The molecule has 3 aromatic rings. The molecular weight excluding hydrogens is 403 g/mol. The van der Waals surface area contributed by atoms with Crippen molar-refractivity contribution in [2.24, 2.45) is 0 Å². The summed E-state index contributed by atoms with van der Waals surface area (Å²) in [6.45, 7) is 4.44. The SMILES string of the molecule is C=C1CCCc2cc(-c3ccc(F)cc3COc3ccc(CCCC(=O)O)cc3)ccc21. The third-order valence-electron chi connectivity index (χ3n) is 5.96. The Morgan fingerprint density at radius 1 is 1.00 bits per heavy atom. The van der Waals surface area contributed by atoms with Crippen molar-refractivity contribution in [3.05, 3.63) is 95.3 Å². The highest BCUT2D eigenvalue weighted by molar-refractivity contribution is 5.74. The number of ether oxygens (including phenoxy) is 1. The molecule has 4 heteroatoms. The zero-order valence-electron chi connectivity index (χ0n) is 18.1. The van der Waals surface area contributed by atoms with Crippen LogP contribution in [0, 0.1) is 5.82 Å². The van der Waals surface area contributed by atoms with Gasteiger partial charge < -0.3 is 9.84 Å². The monoisotopic (exact) mass is 430 g/mol. The topological polar surface area (TPSA) is 46.5 Å². The molecule has 0 aromatic heterocycles. The van der Waals surface area contributed by atoms with Gasteiger partial charge in [-0.05, 0) is 95.3 Å². The quantitative estimate of drug-likeness (QED) is 0.426. The Kier molecular flexibility index (Phi) is 6.69. The second-order valence-corrected chi connectivity index (χ2v) is 8.31. The van der Waals surface area contributed by atoms with Crippen molar-refractivity contribution < 1.29 is 19.0 Å². The van der Waals surface area contributed by atoms with Crippen LogP contribution in [0.1, 0.15) is 47.9 Å². The molecular formula is C28H27FO3. The Balaban J connectivity index is 1.48. The van der Waals surface area contributed by atoms with E-state index in [1.165, 1.54) is 28.8 Å². The Bertz CT molecular complexity index is 1130. The summed E-state index contributed by atoms with van der Waals surface area (Å²) < 4.78 is 20.0. The van der Waals surface area contributed by atoms with Gasteiger partial charge in [0, 0.05) is 6.42 Å². The minimum Gasteiger partial charge on any atom is -0.489 e. The van der Waals surface area contributed by atoms with Crippen LogP contribution in [0.2, 0.25) is 0 Å². The summed E-state index contributed by atoms with van der Waals surface area (Å²) in [5.74, 6) is -0.365. The van der Waals surface area contributed by atoms with Crippen molar-refractivity contribution in [1.82, 2.24) is 0 Å². The number of carbonyl (C=O) groups is 1. The Hall–Kier alpha value is -3.40. The fourth-order valence-corrected chi connectivity index (χ4v) is 4.26. The molecule has 3 aromatic carbocycles. The molecule has 0 unspecified atom stereocenters. The molecule has 1 aliphatic rings. The van der Waals surface area contributed by atoms with Crippen molar-refractivity contribution in [2.75, 3.05) is 0 Å². The Labute approximate surface area is 188 Å². The first kappa shape index (κ1) is 21.8. The van der Waals surface area contributed by atoms with E-state index in [0.29, 0.717) is 18.6 Å². The Morgan fingerprint density at radius 2 is 1.78 bits per heavy atom. The summed E-state index contributed by atoms with van der Waals surface area (Å²) in [5.41, 5.74) is 7.62. The zero-order chi connectivity index (χ0) is 22.5. The van der Waals surface area contributed by atoms with E-state index in [1.807, 2.05) is 30.3 Å². The lowest BCUT2D eigenvalue weighted by molar-refractivity contribution is -0.137. The zero-order valence-corrected chi connectivity index (χ0v) is 18.1. The van der Waals surface area contributed by atoms with Gasteiger partial charge in [-0.3, -0.25) is 4.79 Å². The molecule has 164 valence electrons. The predicted octanol–water partition coefficient (Wildman–Crippen LogP) is 6.83. The van der Waals surface area contributed by atoms with E-state index in [9.17, 15) is 9.18 Å². The van der Waals surface area contributed by atoms with Crippen LogP contribution in [0.3, 0.4) is 0 Å². The van der Waals surface area contributed by atoms with Crippen LogP contribution in [0.4, 0.5) is 4.39 Å². The molecule has 0 saturated carbocycles. The molecule has 32 heavy (non-hydrogen) atoms. The highest BCUT2D eigenvalue weighted by Gasteiger charge is 2.15. The number of halogens is 1. The highest BCUT2D eigenvalue weighted by atomic mass is 19.1. The van der Waals surface area contributed by atoms with E-state index in [2.05, 4.69) is 24.8 Å². The standard InChI is InChI=1S/C28H27FO3/c1-19-4-2-6-21-16-22(10-14-26(19)21)27-15-11-24(29)17-23(27)18-32-25-12-8-20(9-13-25)5-3-7-28(30)31/h8-17H,1-7,18H2,(H,30,31). The van der Waals surface area contributed by atoms with Gasteiger partial charge >= 0.3 is 5.97 Å². The van der Waals surface area contributed by atoms with Crippen molar-refractivity contribution in [3.63, 3.8) is 0 Å². The van der Waals surface area contributed by atoms with Crippen molar-refractivity contribution in [1.29, 1.82) is 0 Å². The molecule has 4 rings (SSSR count). The summed E-state index contributed by atoms with van der Waals surface area (Å²) in [4.78, 5) is 10.7. The molecule has 1 aliphatic carbocycles. The summed E-state index contributed by atoms with van der Waals surface area (Å²) in [7, 11) is 0. The van der Waals surface area contributed by atoms with E-state index in [-0.39, 0.29) is 18.8 Å².